The molecule has 0 saturated heterocycles. The zero-order valence-electron chi connectivity index (χ0n) is 10.4. The first kappa shape index (κ1) is 15.4. The minimum atomic E-state index is -0.901. The van der Waals surface area contributed by atoms with Crippen LogP contribution in [0.5, 0.6) is 0 Å². The molecule has 2 rings (SSSR count). The second kappa shape index (κ2) is 6.20. The van der Waals surface area contributed by atoms with Crippen molar-refractivity contribution >= 4 is 34.9 Å². The average molecular weight is 329 g/mol. The van der Waals surface area contributed by atoms with Crippen molar-refractivity contribution in [3.05, 3.63) is 69.2 Å². The summed E-state index contributed by atoms with van der Waals surface area (Å²) in [5, 5.41) is 0.256. The van der Waals surface area contributed by atoms with E-state index >= 15 is 0 Å². The number of amidine groups is 1. The molecule has 0 aliphatic carbocycles. The summed E-state index contributed by atoms with van der Waals surface area (Å²) in [7, 11) is 0. The van der Waals surface area contributed by atoms with Crippen LogP contribution in [0.1, 0.15) is 15.9 Å². The van der Waals surface area contributed by atoms with Crippen LogP contribution in [0.4, 0.5) is 8.78 Å². The molecule has 21 heavy (non-hydrogen) atoms. The summed E-state index contributed by atoms with van der Waals surface area (Å²) in [6.07, 6.45) is 0. The summed E-state index contributed by atoms with van der Waals surface area (Å²) in [5.41, 5.74) is 5.45. The van der Waals surface area contributed by atoms with Crippen molar-refractivity contribution in [2.24, 2.45) is 10.7 Å². The van der Waals surface area contributed by atoms with Gasteiger partial charge >= 0.3 is 0 Å². The van der Waals surface area contributed by atoms with Crippen molar-refractivity contribution in [1.29, 1.82) is 0 Å². The Kier molecular flexibility index (Phi) is 4.55. The van der Waals surface area contributed by atoms with E-state index in [1.807, 2.05) is 0 Å². The molecular weight excluding hydrogens is 321 g/mol. The molecule has 2 N–H and O–H groups in total. The Labute approximate surface area is 129 Å². The molecule has 3 nitrogen and oxygen atoms in total. The SMILES string of the molecule is NC(=NC(=O)c1ccc(Cl)cc1F)c1cc(F)cc(Cl)c1. The van der Waals surface area contributed by atoms with E-state index in [-0.39, 0.29) is 27.0 Å². The van der Waals surface area contributed by atoms with Gasteiger partial charge in [0.2, 0.25) is 0 Å². The summed E-state index contributed by atoms with van der Waals surface area (Å²) in [4.78, 5) is 15.4. The fraction of sp³-hybridized carbons (Fsp3) is 0. The Morgan fingerprint density at radius 3 is 2.38 bits per heavy atom. The fourth-order valence-electron chi connectivity index (χ4n) is 1.60. The zero-order chi connectivity index (χ0) is 15.6. The molecule has 108 valence electrons. The number of hydrogen-bond acceptors (Lipinski definition) is 1. The van der Waals surface area contributed by atoms with Crippen molar-refractivity contribution in [2.45, 2.75) is 0 Å². The quantitative estimate of drug-likeness (QED) is 0.673. The maximum atomic E-state index is 13.6. The van der Waals surface area contributed by atoms with Crippen molar-refractivity contribution in [3.63, 3.8) is 0 Å². The molecule has 0 spiro atoms. The van der Waals surface area contributed by atoms with Gasteiger partial charge < -0.3 is 5.73 Å². The molecule has 0 radical (unpaired) electrons. The number of nitrogens with two attached hydrogens (primary N) is 1. The van der Waals surface area contributed by atoms with Crippen LogP contribution < -0.4 is 5.73 Å². The molecule has 0 fully saturated rings. The first-order valence-electron chi connectivity index (χ1n) is 5.67. The molecule has 1 amide bonds. The third-order valence-corrected chi connectivity index (χ3v) is 3.00. The van der Waals surface area contributed by atoms with Gasteiger partial charge in [0.05, 0.1) is 5.56 Å². The highest BCUT2D eigenvalue weighted by Crippen LogP contribution is 2.17. The van der Waals surface area contributed by atoms with E-state index in [1.165, 1.54) is 18.2 Å². The van der Waals surface area contributed by atoms with Crippen molar-refractivity contribution in [3.8, 4) is 0 Å². The summed E-state index contributed by atoms with van der Waals surface area (Å²) >= 11 is 11.3. The highest BCUT2D eigenvalue weighted by Gasteiger charge is 2.13. The molecule has 0 saturated carbocycles. The highest BCUT2D eigenvalue weighted by molar-refractivity contribution is 6.31. The minimum absolute atomic E-state index is 0.105. The Morgan fingerprint density at radius 2 is 1.76 bits per heavy atom. The van der Waals surface area contributed by atoms with E-state index in [0.717, 1.165) is 18.2 Å². The van der Waals surface area contributed by atoms with E-state index < -0.39 is 17.5 Å². The number of aliphatic imine (C=N–C) groups is 1. The smallest absolute Gasteiger partial charge is 0.281 e. The summed E-state index contributed by atoms with van der Waals surface area (Å²) < 4.78 is 26.8. The van der Waals surface area contributed by atoms with Gasteiger partial charge in [-0.3, -0.25) is 4.79 Å². The molecule has 0 aliphatic rings. The maximum absolute atomic E-state index is 13.6. The fourth-order valence-corrected chi connectivity index (χ4v) is 1.98. The Balaban J connectivity index is 2.35. The monoisotopic (exact) mass is 328 g/mol. The number of amides is 1. The highest BCUT2D eigenvalue weighted by atomic mass is 35.5. The van der Waals surface area contributed by atoms with Crippen LogP contribution >= 0.6 is 23.2 Å². The Hall–Kier alpha value is -1.98. The molecule has 0 bridgehead atoms. The molecule has 0 heterocycles. The molecular formula is C14H8Cl2F2N2O. The Morgan fingerprint density at radius 1 is 1.05 bits per heavy atom. The van der Waals surface area contributed by atoms with Crippen molar-refractivity contribution in [2.75, 3.05) is 0 Å². The molecule has 0 atom stereocenters. The van der Waals surface area contributed by atoms with Crippen LogP contribution in [-0.2, 0) is 0 Å². The van der Waals surface area contributed by atoms with Gasteiger partial charge in [0.1, 0.15) is 17.5 Å². The zero-order valence-corrected chi connectivity index (χ0v) is 11.9. The normalized spacial score (nSPS) is 11.5. The number of benzene rings is 2. The number of carbonyl (C=O) groups is 1. The molecule has 0 aromatic heterocycles. The molecule has 2 aromatic carbocycles. The van der Waals surface area contributed by atoms with Gasteiger partial charge in [0.15, 0.2) is 0 Å². The van der Waals surface area contributed by atoms with Gasteiger partial charge in [-0.1, -0.05) is 23.2 Å². The summed E-state index contributed by atoms with van der Waals surface area (Å²) in [6.45, 7) is 0. The second-order valence-corrected chi connectivity index (χ2v) is 4.96. The van der Waals surface area contributed by atoms with Crippen molar-refractivity contribution < 1.29 is 13.6 Å². The van der Waals surface area contributed by atoms with Crippen LogP contribution in [-0.4, -0.2) is 11.7 Å². The first-order valence-corrected chi connectivity index (χ1v) is 6.42. The molecule has 0 aliphatic heterocycles. The van der Waals surface area contributed by atoms with E-state index in [2.05, 4.69) is 4.99 Å². The van der Waals surface area contributed by atoms with E-state index in [0.29, 0.717) is 0 Å². The number of rotatable bonds is 2. The van der Waals surface area contributed by atoms with Crippen molar-refractivity contribution in [1.82, 2.24) is 0 Å². The van der Waals surface area contributed by atoms with E-state index in [9.17, 15) is 13.6 Å². The summed E-state index contributed by atoms with van der Waals surface area (Å²) in [5.74, 6) is -2.61. The summed E-state index contributed by atoms with van der Waals surface area (Å²) in [6, 6.07) is 7.02. The van der Waals surface area contributed by atoms with Gasteiger partial charge in [0.25, 0.3) is 5.91 Å². The van der Waals surface area contributed by atoms with Gasteiger partial charge in [-0.05, 0) is 36.4 Å². The second-order valence-electron chi connectivity index (χ2n) is 4.08. The largest absolute Gasteiger partial charge is 0.383 e. The van der Waals surface area contributed by atoms with Gasteiger partial charge in [-0.2, -0.15) is 4.99 Å². The van der Waals surface area contributed by atoms with Crippen LogP contribution in [0.15, 0.2) is 41.4 Å². The number of hydrogen-bond donors (Lipinski definition) is 1. The van der Waals surface area contributed by atoms with Gasteiger partial charge in [-0.15, -0.1) is 0 Å². The average Bonchev–Trinajstić information content (AvgIpc) is 2.37. The Bertz CT molecular complexity index is 727. The predicted molar refractivity (Wildman–Crippen MR) is 77.9 cm³/mol. The lowest BCUT2D eigenvalue weighted by Crippen LogP contribution is -2.16. The minimum Gasteiger partial charge on any atom is -0.383 e. The van der Waals surface area contributed by atoms with E-state index in [1.54, 1.807) is 0 Å². The number of nitrogens with zero attached hydrogens (tertiary/aromatic N) is 1. The maximum Gasteiger partial charge on any atom is 0.281 e. The lowest BCUT2D eigenvalue weighted by molar-refractivity contribution is 0.0999. The lowest BCUT2D eigenvalue weighted by atomic mass is 10.2. The molecule has 0 unspecified atom stereocenters. The predicted octanol–water partition coefficient (Wildman–Crippen LogP) is 3.82. The third kappa shape index (κ3) is 3.77. The van der Waals surface area contributed by atoms with E-state index in [4.69, 9.17) is 28.9 Å². The van der Waals surface area contributed by atoms with Crippen LogP contribution in [0.2, 0.25) is 10.0 Å². The van der Waals surface area contributed by atoms with Crippen LogP contribution in [0.25, 0.3) is 0 Å². The van der Waals surface area contributed by atoms with Gasteiger partial charge in [-0.25, -0.2) is 8.78 Å². The number of carbonyl (C=O) groups excluding carboxylic acids is 1. The topological polar surface area (TPSA) is 55.4 Å². The third-order valence-electron chi connectivity index (χ3n) is 2.54. The van der Waals surface area contributed by atoms with Crippen LogP contribution in [0, 0.1) is 11.6 Å². The molecule has 2 aromatic rings. The first-order chi connectivity index (χ1) is 9.86. The van der Waals surface area contributed by atoms with Gasteiger partial charge in [0, 0.05) is 15.6 Å². The molecule has 7 heteroatoms. The standard InChI is InChI=1S/C14H8Cl2F2N2O/c15-8-1-2-11(12(18)6-8)14(21)20-13(19)7-3-9(16)5-10(17)4-7/h1-6H,(H2,19,20,21). The van der Waals surface area contributed by atoms with Crippen LogP contribution in [0.3, 0.4) is 0 Å². The number of halogens is 4. The lowest BCUT2D eigenvalue weighted by Gasteiger charge is -2.03.